The highest BCUT2D eigenvalue weighted by molar-refractivity contribution is 5.78. The second-order valence-corrected chi connectivity index (χ2v) is 6.20. The molecule has 0 aromatic rings. The van der Waals surface area contributed by atoms with Crippen LogP contribution >= 0.6 is 0 Å². The first-order chi connectivity index (χ1) is 8.54. The molecule has 1 unspecified atom stereocenters. The molecule has 1 heterocycles. The van der Waals surface area contributed by atoms with Crippen LogP contribution in [0.25, 0.3) is 0 Å². The van der Waals surface area contributed by atoms with Crippen molar-refractivity contribution >= 4 is 5.91 Å². The average molecular weight is 254 g/mol. The average Bonchev–Trinajstić information content (AvgIpc) is 2.36. The van der Waals surface area contributed by atoms with E-state index in [1.54, 1.807) is 0 Å². The third-order valence-electron chi connectivity index (χ3n) is 4.01. The van der Waals surface area contributed by atoms with Gasteiger partial charge in [0.05, 0.1) is 0 Å². The molecule has 1 aliphatic heterocycles. The minimum Gasteiger partial charge on any atom is -0.342 e. The molecule has 18 heavy (non-hydrogen) atoms. The van der Waals surface area contributed by atoms with Gasteiger partial charge in [-0.05, 0) is 31.7 Å². The Labute approximate surface area is 112 Å². The number of carbonyl (C=O) groups excluding carboxylic acids is 1. The van der Waals surface area contributed by atoms with Crippen LogP contribution in [0, 0.1) is 17.8 Å². The van der Waals surface area contributed by atoms with Crippen molar-refractivity contribution in [2.75, 3.05) is 26.7 Å². The van der Waals surface area contributed by atoms with Crippen LogP contribution in [0.3, 0.4) is 0 Å². The van der Waals surface area contributed by atoms with Gasteiger partial charge in [0.15, 0.2) is 0 Å². The molecule has 0 bridgehead atoms. The van der Waals surface area contributed by atoms with Gasteiger partial charge in [0.2, 0.25) is 5.91 Å². The minimum atomic E-state index is 0.113. The standard InChI is InChI=1S/C15H30N2O/c1-12(2)5-6-14-7-9-17(10-8-14)15(18)13(3)11-16-4/h12-14,16H,5-11H2,1-4H3. The van der Waals surface area contributed by atoms with Crippen LogP contribution in [0.4, 0.5) is 0 Å². The maximum Gasteiger partial charge on any atom is 0.226 e. The molecule has 0 aliphatic carbocycles. The number of rotatable bonds is 6. The molecule has 3 heteroatoms. The first-order valence-corrected chi connectivity index (χ1v) is 7.48. The fourth-order valence-electron chi connectivity index (χ4n) is 2.72. The fourth-order valence-corrected chi connectivity index (χ4v) is 2.72. The van der Waals surface area contributed by atoms with E-state index in [0.29, 0.717) is 5.91 Å². The summed E-state index contributed by atoms with van der Waals surface area (Å²) in [6, 6.07) is 0. The van der Waals surface area contributed by atoms with E-state index in [-0.39, 0.29) is 5.92 Å². The van der Waals surface area contributed by atoms with Gasteiger partial charge >= 0.3 is 0 Å². The van der Waals surface area contributed by atoms with E-state index in [1.807, 2.05) is 14.0 Å². The maximum atomic E-state index is 12.1. The normalized spacial score (nSPS) is 19.3. The zero-order chi connectivity index (χ0) is 13.5. The number of nitrogens with zero attached hydrogens (tertiary/aromatic N) is 1. The van der Waals surface area contributed by atoms with Gasteiger partial charge in [-0.2, -0.15) is 0 Å². The highest BCUT2D eigenvalue weighted by atomic mass is 16.2. The monoisotopic (exact) mass is 254 g/mol. The van der Waals surface area contributed by atoms with E-state index in [4.69, 9.17) is 0 Å². The molecule has 1 atom stereocenters. The van der Waals surface area contributed by atoms with Gasteiger partial charge in [0.1, 0.15) is 0 Å². The maximum absolute atomic E-state index is 12.1. The molecule has 1 saturated heterocycles. The second-order valence-electron chi connectivity index (χ2n) is 6.20. The predicted octanol–water partition coefficient (Wildman–Crippen LogP) is 2.52. The van der Waals surface area contributed by atoms with Crippen LogP contribution in [-0.2, 0) is 4.79 Å². The van der Waals surface area contributed by atoms with Gasteiger partial charge in [0, 0.05) is 25.6 Å². The van der Waals surface area contributed by atoms with Gasteiger partial charge in [-0.25, -0.2) is 0 Å². The van der Waals surface area contributed by atoms with Gasteiger partial charge < -0.3 is 10.2 Å². The Morgan fingerprint density at radius 1 is 1.28 bits per heavy atom. The van der Waals surface area contributed by atoms with Gasteiger partial charge in [-0.15, -0.1) is 0 Å². The molecule has 0 aromatic carbocycles. The molecule has 0 aromatic heterocycles. The number of carbonyl (C=O) groups is 1. The number of piperidine rings is 1. The Morgan fingerprint density at radius 2 is 1.89 bits per heavy atom. The Kier molecular flexibility index (Phi) is 6.69. The molecule has 1 fully saturated rings. The van der Waals surface area contributed by atoms with Gasteiger partial charge in [-0.1, -0.05) is 33.6 Å². The summed E-state index contributed by atoms with van der Waals surface area (Å²) < 4.78 is 0. The second kappa shape index (κ2) is 7.78. The van der Waals surface area contributed by atoms with Crippen molar-refractivity contribution in [1.82, 2.24) is 10.2 Å². The SMILES string of the molecule is CNCC(C)C(=O)N1CCC(CCC(C)C)CC1. The molecule has 0 spiro atoms. The summed E-state index contributed by atoms with van der Waals surface area (Å²) in [5.41, 5.74) is 0. The van der Waals surface area contributed by atoms with Crippen LogP contribution in [0.15, 0.2) is 0 Å². The number of likely N-dealkylation sites (tertiary alicyclic amines) is 1. The van der Waals surface area contributed by atoms with Crippen LogP contribution in [0.5, 0.6) is 0 Å². The highest BCUT2D eigenvalue weighted by Gasteiger charge is 2.25. The first-order valence-electron chi connectivity index (χ1n) is 7.48. The summed E-state index contributed by atoms with van der Waals surface area (Å²) in [5, 5.41) is 3.08. The summed E-state index contributed by atoms with van der Waals surface area (Å²) in [5.74, 6) is 2.09. The number of amides is 1. The van der Waals surface area contributed by atoms with Crippen LogP contribution in [0.2, 0.25) is 0 Å². The smallest absolute Gasteiger partial charge is 0.226 e. The van der Waals surface area contributed by atoms with Crippen molar-refractivity contribution in [3.8, 4) is 0 Å². The Bertz CT molecular complexity index is 245. The van der Waals surface area contributed by atoms with Crippen molar-refractivity contribution in [3.05, 3.63) is 0 Å². The van der Waals surface area contributed by atoms with E-state index < -0.39 is 0 Å². The molecular weight excluding hydrogens is 224 g/mol. The van der Waals surface area contributed by atoms with E-state index in [1.165, 1.54) is 25.7 Å². The van der Waals surface area contributed by atoms with Crippen molar-refractivity contribution in [2.24, 2.45) is 17.8 Å². The highest BCUT2D eigenvalue weighted by Crippen LogP contribution is 2.24. The summed E-state index contributed by atoms with van der Waals surface area (Å²) in [7, 11) is 1.90. The molecule has 106 valence electrons. The summed E-state index contributed by atoms with van der Waals surface area (Å²) in [6.45, 7) is 9.32. The van der Waals surface area contributed by atoms with Crippen molar-refractivity contribution in [3.63, 3.8) is 0 Å². The van der Waals surface area contributed by atoms with Crippen molar-refractivity contribution in [2.45, 2.75) is 46.5 Å². The van der Waals surface area contributed by atoms with Crippen LogP contribution < -0.4 is 5.32 Å². The van der Waals surface area contributed by atoms with Crippen molar-refractivity contribution < 1.29 is 4.79 Å². The molecular formula is C15H30N2O. The molecule has 1 N–H and O–H groups in total. The molecule has 0 saturated carbocycles. The molecule has 1 rings (SSSR count). The zero-order valence-corrected chi connectivity index (χ0v) is 12.5. The number of hydrogen-bond donors (Lipinski definition) is 1. The number of nitrogens with one attached hydrogen (secondary N) is 1. The van der Waals surface area contributed by atoms with Crippen LogP contribution in [0.1, 0.15) is 46.5 Å². The molecule has 1 aliphatic rings. The molecule has 0 radical (unpaired) electrons. The first kappa shape index (κ1) is 15.5. The predicted molar refractivity (Wildman–Crippen MR) is 76.5 cm³/mol. The lowest BCUT2D eigenvalue weighted by Crippen LogP contribution is -2.43. The van der Waals surface area contributed by atoms with E-state index in [0.717, 1.165) is 31.5 Å². The van der Waals surface area contributed by atoms with E-state index in [2.05, 4.69) is 24.1 Å². The van der Waals surface area contributed by atoms with Gasteiger partial charge in [-0.3, -0.25) is 4.79 Å². The molecule has 1 amide bonds. The third kappa shape index (κ3) is 4.97. The summed E-state index contributed by atoms with van der Waals surface area (Å²) >= 11 is 0. The Hall–Kier alpha value is -0.570. The van der Waals surface area contributed by atoms with Crippen LogP contribution in [-0.4, -0.2) is 37.5 Å². The van der Waals surface area contributed by atoms with E-state index in [9.17, 15) is 4.79 Å². The topological polar surface area (TPSA) is 32.3 Å². The lowest BCUT2D eigenvalue weighted by molar-refractivity contribution is -0.136. The lowest BCUT2D eigenvalue weighted by atomic mass is 9.89. The Balaban J connectivity index is 2.28. The number of hydrogen-bond acceptors (Lipinski definition) is 2. The Morgan fingerprint density at radius 3 is 2.39 bits per heavy atom. The van der Waals surface area contributed by atoms with Crippen molar-refractivity contribution in [1.29, 1.82) is 0 Å². The third-order valence-corrected chi connectivity index (χ3v) is 4.01. The summed E-state index contributed by atoms with van der Waals surface area (Å²) in [6.07, 6.45) is 5.07. The minimum absolute atomic E-state index is 0.113. The largest absolute Gasteiger partial charge is 0.342 e. The molecule has 3 nitrogen and oxygen atoms in total. The van der Waals surface area contributed by atoms with E-state index >= 15 is 0 Å². The quantitative estimate of drug-likeness (QED) is 0.790. The lowest BCUT2D eigenvalue weighted by Gasteiger charge is -2.34. The summed E-state index contributed by atoms with van der Waals surface area (Å²) in [4.78, 5) is 14.2. The fraction of sp³-hybridized carbons (Fsp3) is 0.933. The van der Waals surface area contributed by atoms with Gasteiger partial charge in [0.25, 0.3) is 0 Å². The zero-order valence-electron chi connectivity index (χ0n) is 12.5.